The molecule has 0 amide bonds. The van der Waals surface area contributed by atoms with Crippen LogP contribution in [0.2, 0.25) is 0 Å². The quantitative estimate of drug-likeness (QED) is 0.590. The number of rotatable bonds is 5. The van der Waals surface area contributed by atoms with Gasteiger partial charge in [-0.15, -0.1) is 0 Å². The Morgan fingerprint density at radius 2 is 1.76 bits per heavy atom. The Balaban J connectivity index is 2.68. The summed E-state index contributed by atoms with van der Waals surface area (Å²) in [5.74, 6) is 0. The Labute approximate surface area is 106 Å². The molecule has 0 aliphatic rings. The van der Waals surface area contributed by atoms with Crippen molar-refractivity contribution in [2.24, 2.45) is 0 Å². The lowest BCUT2D eigenvalue weighted by Gasteiger charge is -2.18. The van der Waals surface area contributed by atoms with Gasteiger partial charge in [0.1, 0.15) is 0 Å². The minimum atomic E-state index is 0.430. The van der Waals surface area contributed by atoms with Crippen LogP contribution in [-0.4, -0.2) is 6.54 Å². The molecular formula is C16H25N. The van der Waals surface area contributed by atoms with Crippen molar-refractivity contribution in [1.29, 1.82) is 0 Å². The van der Waals surface area contributed by atoms with Crippen LogP contribution in [0.1, 0.15) is 48.6 Å². The maximum atomic E-state index is 3.57. The third-order valence-corrected chi connectivity index (χ3v) is 3.35. The molecule has 0 bridgehead atoms. The lowest BCUT2D eigenvalue weighted by molar-refractivity contribution is 0.578. The van der Waals surface area contributed by atoms with E-state index in [-0.39, 0.29) is 0 Å². The van der Waals surface area contributed by atoms with E-state index < -0.39 is 0 Å². The van der Waals surface area contributed by atoms with E-state index in [1.165, 1.54) is 22.3 Å². The van der Waals surface area contributed by atoms with Gasteiger partial charge in [0.05, 0.1) is 0 Å². The second-order valence-electron chi connectivity index (χ2n) is 4.83. The summed E-state index contributed by atoms with van der Waals surface area (Å²) in [6, 6.07) is 5.03. The fourth-order valence-corrected chi connectivity index (χ4v) is 2.11. The topological polar surface area (TPSA) is 12.0 Å². The van der Waals surface area contributed by atoms with E-state index in [0.717, 1.165) is 13.0 Å². The lowest BCUT2D eigenvalue weighted by atomic mass is 9.96. The van der Waals surface area contributed by atoms with Crippen molar-refractivity contribution in [1.82, 2.24) is 5.32 Å². The van der Waals surface area contributed by atoms with Crippen molar-refractivity contribution in [2.75, 3.05) is 6.54 Å². The molecule has 1 rings (SSSR count). The maximum Gasteiger partial charge on any atom is 0.0294 e. The predicted molar refractivity (Wildman–Crippen MR) is 76.5 cm³/mol. The fraction of sp³-hybridized carbons (Fsp3) is 0.500. The largest absolute Gasteiger partial charge is 0.310 e. The first-order valence-electron chi connectivity index (χ1n) is 6.48. The maximum absolute atomic E-state index is 3.57. The molecule has 1 N–H and O–H groups in total. The highest BCUT2D eigenvalue weighted by Crippen LogP contribution is 2.21. The number of aryl methyl sites for hydroxylation is 3. The van der Waals surface area contributed by atoms with Crippen molar-refractivity contribution in [3.63, 3.8) is 0 Å². The van der Waals surface area contributed by atoms with Crippen molar-refractivity contribution in [2.45, 2.75) is 47.1 Å². The van der Waals surface area contributed by atoms with Gasteiger partial charge < -0.3 is 5.32 Å². The summed E-state index contributed by atoms with van der Waals surface area (Å²) >= 11 is 0. The van der Waals surface area contributed by atoms with Gasteiger partial charge in [0, 0.05) is 6.04 Å². The Morgan fingerprint density at radius 1 is 1.12 bits per heavy atom. The second-order valence-corrected chi connectivity index (χ2v) is 4.83. The number of hydrogen-bond donors (Lipinski definition) is 1. The Kier molecular flexibility index (Phi) is 5.43. The van der Waals surface area contributed by atoms with Crippen LogP contribution in [0.3, 0.4) is 0 Å². The molecule has 17 heavy (non-hydrogen) atoms. The van der Waals surface area contributed by atoms with Gasteiger partial charge in [-0.1, -0.05) is 24.3 Å². The molecule has 0 spiro atoms. The summed E-state index contributed by atoms with van der Waals surface area (Å²) in [6.07, 6.45) is 5.41. The summed E-state index contributed by atoms with van der Waals surface area (Å²) < 4.78 is 0. The van der Waals surface area contributed by atoms with Gasteiger partial charge in [0.15, 0.2) is 0 Å². The molecule has 0 aromatic heterocycles. The smallest absolute Gasteiger partial charge is 0.0294 e. The molecule has 1 atom stereocenters. The van der Waals surface area contributed by atoms with Crippen LogP contribution in [0.4, 0.5) is 0 Å². The van der Waals surface area contributed by atoms with Crippen molar-refractivity contribution >= 4 is 0 Å². The summed E-state index contributed by atoms with van der Waals surface area (Å²) in [5, 5.41) is 3.57. The van der Waals surface area contributed by atoms with Crippen LogP contribution in [-0.2, 0) is 0 Å². The molecule has 1 aromatic carbocycles. The lowest BCUT2D eigenvalue weighted by Crippen LogP contribution is -2.20. The number of hydrogen-bond acceptors (Lipinski definition) is 1. The molecule has 0 radical (unpaired) electrons. The third-order valence-electron chi connectivity index (χ3n) is 3.35. The average Bonchev–Trinajstić information content (AvgIpc) is 2.29. The summed E-state index contributed by atoms with van der Waals surface area (Å²) in [4.78, 5) is 0. The standard InChI is InChI=1S/C16H25N/c1-6-7-8-9-17-15(5)16-11-13(3)12(2)10-14(16)4/h6-7,10-11,15,17H,8-9H2,1-5H3/b7-6+. The van der Waals surface area contributed by atoms with Gasteiger partial charge in [-0.05, 0) is 69.8 Å². The van der Waals surface area contributed by atoms with Gasteiger partial charge in [0.2, 0.25) is 0 Å². The van der Waals surface area contributed by atoms with E-state index in [2.05, 4.69) is 64.2 Å². The van der Waals surface area contributed by atoms with Gasteiger partial charge in [-0.25, -0.2) is 0 Å². The van der Waals surface area contributed by atoms with Crippen molar-refractivity contribution in [3.05, 3.63) is 46.5 Å². The highest BCUT2D eigenvalue weighted by atomic mass is 14.9. The Hall–Kier alpha value is -1.08. The molecule has 0 saturated carbocycles. The molecule has 0 fully saturated rings. The fourth-order valence-electron chi connectivity index (χ4n) is 2.11. The van der Waals surface area contributed by atoms with E-state index in [4.69, 9.17) is 0 Å². The first kappa shape index (κ1) is 14.0. The monoisotopic (exact) mass is 231 g/mol. The first-order valence-corrected chi connectivity index (χ1v) is 6.48. The highest BCUT2D eigenvalue weighted by Gasteiger charge is 2.08. The summed E-state index contributed by atoms with van der Waals surface area (Å²) in [7, 11) is 0. The number of allylic oxidation sites excluding steroid dienone is 1. The molecule has 1 aromatic rings. The van der Waals surface area contributed by atoms with E-state index in [1.54, 1.807) is 0 Å². The van der Waals surface area contributed by atoms with Crippen LogP contribution >= 0.6 is 0 Å². The van der Waals surface area contributed by atoms with Crippen molar-refractivity contribution < 1.29 is 0 Å². The van der Waals surface area contributed by atoms with E-state index in [9.17, 15) is 0 Å². The summed E-state index contributed by atoms with van der Waals surface area (Å²) in [6.45, 7) is 11.9. The Morgan fingerprint density at radius 3 is 2.41 bits per heavy atom. The van der Waals surface area contributed by atoms with Gasteiger partial charge in [-0.2, -0.15) is 0 Å². The van der Waals surface area contributed by atoms with Crippen LogP contribution in [0.15, 0.2) is 24.3 Å². The predicted octanol–water partition coefficient (Wildman–Crippen LogP) is 4.23. The molecule has 94 valence electrons. The zero-order valence-electron chi connectivity index (χ0n) is 11.8. The number of nitrogens with one attached hydrogen (secondary N) is 1. The first-order chi connectivity index (χ1) is 8.06. The van der Waals surface area contributed by atoms with Crippen LogP contribution in [0, 0.1) is 20.8 Å². The van der Waals surface area contributed by atoms with Crippen LogP contribution in [0.25, 0.3) is 0 Å². The third kappa shape index (κ3) is 4.01. The van der Waals surface area contributed by atoms with E-state index >= 15 is 0 Å². The molecule has 0 heterocycles. The van der Waals surface area contributed by atoms with Gasteiger partial charge in [0.25, 0.3) is 0 Å². The molecule has 1 heteroatoms. The minimum Gasteiger partial charge on any atom is -0.310 e. The SMILES string of the molecule is C/C=C/CCNC(C)c1cc(C)c(C)cc1C. The van der Waals surface area contributed by atoms with E-state index in [0.29, 0.717) is 6.04 Å². The average molecular weight is 231 g/mol. The molecule has 0 saturated heterocycles. The second kappa shape index (κ2) is 6.61. The van der Waals surface area contributed by atoms with E-state index in [1.807, 2.05) is 0 Å². The zero-order chi connectivity index (χ0) is 12.8. The molecule has 0 aliphatic carbocycles. The highest BCUT2D eigenvalue weighted by molar-refractivity contribution is 5.37. The summed E-state index contributed by atoms with van der Waals surface area (Å²) in [5.41, 5.74) is 5.58. The molecule has 0 aliphatic heterocycles. The molecule has 1 nitrogen and oxygen atoms in total. The number of benzene rings is 1. The normalized spacial score (nSPS) is 13.2. The van der Waals surface area contributed by atoms with Crippen molar-refractivity contribution in [3.8, 4) is 0 Å². The molecule has 1 unspecified atom stereocenters. The zero-order valence-corrected chi connectivity index (χ0v) is 11.8. The Bertz CT molecular complexity index is 391. The van der Waals surface area contributed by atoms with Gasteiger partial charge in [-0.3, -0.25) is 0 Å². The van der Waals surface area contributed by atoms with Gasteiger partial charge >= 0.3 is 0 Å². The van der Waals surface area contributed by atoms with Crippen LogP contribution in [0.5, 0.6) is 0 Å². The van der Waals surface area contributed by atoms with Crippen LogP contribution < -0.4 is 5.32 Å². The minimum absolute atomic E-state index is 0.430. The molecular weight excluding hydrogens is 206 g/mol.